The van der Waals surface area contributed by atoms with Gasteiger partial charge in [-0.2, -0.15) is 0 Å². The number of carbonyl (C=O) groups excluding carboxylic acids is 2. The molecule has 0 spiro atoms. The Labute approximate surface area is 142 Å². The van der Waals surface area contributed by atoms with Gasteiger partial charge >= 0.3 is 0 Å². The third-order valence-corrected chi connectivity index (χ3v) is 5.48. The molecule has 1 fully saturated rings. The standard InChI is InChI=1S/C19H36N2O2/c1-12(2)15(6)18(22)20-14(5)10-17-8-9-21(11-17)19(23)16(7)13(3)4/h12-17H,8-11H2,1-7H3,(H,20,22)/t14?,15-,16-,17?/m1/s1. The topological polar surface area (TPSA) is 49.4 Å². The number of amides is 2. The van der Waals surface area contributed by atoms with Crippen LogP contribution in [-0.2, 0) is 9.59 Å². The van der Waals surface area contributed by atoms with Crippen LogP contribution in [0.4, 0.5) is 0 Å². The minimum Gasteiger partial charge on any atom is -0.353 e. The summed E-state index contributed by atoms with van der Waals surface area (Å²) in [6.07, 6.45) is 2.01. The molecule has 0 bridgehead atoms. The molecule has 2 amide bonds. The van der Waals surface area contributed by atoms with Crippen molar-refractivity contribution >= 4 is 11.8 Å². The number of rotatable bonds is 7. The summed E-state index contributed by atoms with van der Waals surface area (Å²) < 4.78 is 0. The summed E-state index contributed by atoms with van der Waals surface area (Å²) in [5, 5.41) is 3.13. The third kappa shape index (κ3) is 5.82. The number of hydrogen-bond acceptors (Lipinski definition) is 2. The van der Waals surface area contributed by atoms with Crippen LogP contribution in [0, 0.1) is 29.6 Å². The summed E-state index contributed by atoms with van der Waals surface area (Å²) in [4.78, 5) is 26.6. The molecule has 4 atom stereocenters. The van der Waals surface area contributed by atoms with E-state index in [-0.39, 0.29) is 29.7 Å². The van der Waals surface area contributed by atoms with Crippen LogP contribution in [0.25, 0.3) is 0 Å². The van der Waals surface area contributed by atoms with Gasteiger partial charge in [-0.25, -0.2) is 0 Å². The van der Waals surface area contributed by atoms with E-state index < -0.39 is 0 Å². The number of carbonyl (C=O) groups is 2. The van der Waals surface area contributed by atoms with Crippen molar-refractivity contribution in [1.29, 1.82) is 0 Å². The van der Waals surface area contributed by atoms with E-state index in [1.54, 1.807) is 0 Å². The van der Waals surface area contributed by atoms with Gasteiger partial charge in [-0.05, 0) is 37.5 Å². The number of likely N-dealkylation sites (tertiary alicyclic amines) is 1. The van der Waals surface area contributed by atoms with Gasteiger partial charge in [0.2, 0.25) is 11.8 Å². The Balaban J connectivity index is 2.42. The van der Waals surface area contributed by atoms with Crippen molar-refractivity contribution in [3.8, 4) is 0 Å². The SMILES string of the molecule is CC(CC1CCN(C(=O)[C@H](C)C(C)C)C1)NC(=O)[C@H](C)C(C)C. The summed E-state index contributed by atoms with van der Waals surface area (Å²) in [5.41, 5.74) is 0. The Morgan fingerprint density at radius 1 is 1.00 bits per heavy atom. The monoisotopic (exact) mass is 324 g/mol. The second-order valence-corrected chi connectivity index (χ2v) is 8.15. The molecule has 0 aromatic heterocycles. The maximum absolute atomic E-state index is 12.4. The van der Waals surface area contributed by atoms with Gasteiger partial charge in [0.15, 0.2) is 0 Å². The van der Waals surface area contributed by atoms with Crippen LogP contribution in [0.1, 0.15) is 61.3 Å². The largest absolute Gasteiger partial charge is 0.353 e. The Bertz CT molecular complexity index is 406. The van der Waals surface area contributed by atoms with E-state index in [0.717, 1.165) is 25.9 Å². The van der Waals surface area contributed by atoms with Crippen LogP contribution in [0.15, 0.2) is 0 Å². The van der Waals surface area contributed by atoms with E-state index in [9.17, 15) is 9.59 Å². The molecular weight excluding hydrogens is 288 g/mol. The summed E-state index contributed by atoms with van der Waals surface area (Å²) in [7, 11) is 0. The Morgan fingerprint density at radius 2 is 1.57 bits per heavy atom. The molecule has 1 aliphatic heterocycles. The molecule has 1 aliphatic rings. The smallest absolute Gasteiger partial charge is 0.225 e. The molecule has 4 heteroatoms. The van der Waals surface area contributed by atoms with Crippen LogP contribution in [0.2, 0.25) is 0 Å². The first-order chi connectivity index (χ1) is 10.6. The normalized spacial score (nSPS) is 22.3. The highest BCUT2D eigenvalue weighted by Gasteiger charge is 2.31. The molecule has 1 saturated heterocycles. The van der Waals surface area contributed by atoms with Crippen molar-refractivity contribution in [3.05, 3.63) is 0 Å². The molecule has 0 radical (unpaired) electrons. The van der Waals surface area contributed by atoms with Crippen LogP contribution in [0.3, 0.4) is 0 Å². The maximum Gasteiger partial charge on any atom is 0.225 e. The van der Waals surface area contributed by atoms with E-state index in [2.05, 4.69) is 39.9 Å². The van der Waals surface area contributed by atoms with Gasteiger partial charge in [-0.15, -0.1) is 0 Å². The van der Waals surface area contributed by atoms with Crippen molar-refractivity contribution in [2.24, 2.45) is 29.6 Å². The number of hydrogen-bond donors (Lipinski definition) is 1. The molecule has 4 nitrogen and oxygen atoms in total. The highest BCUT2D eigenvalue weighted by Crippen LogP contribution is 2.24. The van der Waals surface area contributed by atoms with Gasteiger partial charge in [-0.1, -0.05) is 41.5 Å². The van der Waals surface area contributed by atoms with Gasteiger partial charge in [0.05, 0.1) is 0 Å². The van der Waals surface area contributed by atoms with Crippen LogP contribution in [0.5, 0.6) is 0 Å². The first-order valence-corrected chi connectivity index (χ1v) is 9.22. The summed E-state index contributed by atoms with van der Waals surface area (Å²) in [5.74, 6) is 1.82. The predicted octanol–water partition coefficient (Wildman–Crippen LogP) is 3.31. The van der Waals surface area contributed by atoms with E-state index >= 15 is 0 Å². The Hall–Kier alpha value is -1.06. The fraction of sp³-hybridized carbons (Fsp3) is 0.895. The molecule has 134 valence electrons. The minimum absolute atomic E-state index is 0.0472. The first kappa shape index (κ1) is 20.0. The maximum atomic E-state index is 12.4. The number of nitrogens with zero attached hydrogens (tertiary/aromatic N) is 1. The zero-order chi connectivity index (χ0) is 17.7. The summed E-state index contributed by atoms with van der Waals surface area (Å²) >= 11 is 0. The molecule has 2 unspecified atom stereocenters. The van der Waals surface area contributed by atoms with Gasteiger partial charge in [0.1, 0.15) is 0 Å². The molecule has 0 aliphatic carbocycles. The second-order valence-electron chi connectivity index (χ2n) is 8.15. The molecular formula is C19H36N2O2. The molecule has 0 saturated carbocycles. The van der Waals surface area contributed by atoms with Crippen LogP contribution >= 0.6 is 0 Å². The van der Waals surface area contributed by atoms with Gasteiger partial charge in [-0.3, -0.25) is 9.59 Å². The predicted molar refractivity (Wildman–Crippen MR) is 94.9 cm³/mol. The Morgan fingerprint density at radius 3 is 2.09 bits per heavy atom. The zero-order valence-electron chi connectivity index (χ0n) is 16.1. The average Bonchev–Trinajstić information content (AvgIpc) is 2.92. The Kier molecular flexibility index (Phi) is 7.56. The average molecular weight is 325 g/mol. The first-order valence-electron chi connectivity index (χ1n) is 9.22. The highest BCUT2D eigenvalue weighted by molar-refractivity contribution is 5.79. The van der Waals surface area contributed by atoms with E-state index in [1.807, 2.05) is 18.7 Å². The quantitative estimate of drug-likeness (QED) is 0.781. The lowest BCUT2D eigenvalue weighted by molar-refractivity contribution is -0.135. The third-order valence-electron chi connectivity index (χ3n) is 5.48. The van der Waals surface area contributed by atoms with Gasteiger partial charge in [0, 0.05) is 31.0 Å². The van der Waals surface area contributed by atoms with E-state index in [0.29, 0.717) is 17.8 Å². The molecule has 0 aromatic rings. The van der Waals surface area contributed by atoms with Crippen molar-refractivity contribution in [3.63, 3.8) is 0 Å². The van der Waals surface area contributed by atoms with Crippen molar-refractivity contribution in [1.82, 2.24) is 10.2 Å². The highest BCUT2D eigenvalue weighted by atomic mass is 16.2. The molecule has 0 aromatic carbocycles. The van der Waals surface area contributed by atoms with Crippen molar-refractivity contribution < 1.29 is 9.59 Å². The fourth-order valence-electron chi connectivity index (χ4n) is 3.03. The van der Waals surface area contributed by atoms with Gasteiger partial charge in [0.25, 0.3) is 0 Å². The molecule has 1 heterocycles. The lowest BCUT2D eigenvalue weighted by atomic mass is 9.95. The fourth-order valence-corrected chi connectivity index (χ4v) is 3.03. The van der Waals surface area contributed by atoms with Crippen molar-refractivity contribution in [2.45, 2.75) is 67.3 Å². The zero-order valence-corrected chi connectivity index (χ0v) is 16.1. The molecule has 1 rings (SSSR count). The summed E-state index contributed by atoms with van der Waals surface area (Å²) in [6, 6.07) is 0.172. The van der Waals surface area contributed by atoms with Crippen molar-refractivity contribution in [2.75, 3.05) is 13.1 Å². The minimum atomic E-state index is 0.0472. The second kappa shape index (κ2) is 8.70. The molecule has 1 N–H and O–H groups in total. The lowest BCUT2D eigenvalue weighted by Crippen LogP contribution is -2.39. The van der Waals surface area contributed by atoms with E-state index in [4.69, 9.17) is 0 Å². The van der Waals surface area contributed by atoms with Crippen LogP contribution < -0.4 is 5.32 Å². The number of nitrogens with one attached hydrogen (secondary N) is 1. The molecule has 23 heavy (non-hydrogen) atoms. The summed E-state index contributed by atoms with van der Waals surface area (Å²) in [6.45, 7) is 16.1. The van der Waals surface area contributed by atoms with Gasteiger partial charge < -0.3 is 10.2 Å². The van der Waals surface area contributed by atoms with Crippen LogP contribution in [-0.4, -0.2) is 35.8 Å². The lowest BCUT2D eigenvalue weighted by Gasteiger charge is -2.24. The van der Waals surface area contributed by atoms with E-state index in [1.165, 1.54) is 0 Å².